The molecule has 0 amide bonds. The fraction of sp³-hybridized carbons (Fsp3) is 0.571. The van der Waals surface area contributed by atoms with E-state index in [2.05, 4.69) is 39.8 Å². The fourth-order valence-electron chi connectivity index (χ4n) is 2.04. The molecule has 1 aromatic carbocycles. The van der Waals surface area contributed by atoms with Crippen LogP contribution in [0.25, 0.3) is 0 Å². The van der Waals surface area contributed by atoms with Crippen molar-refractivity contribution in [1.29, 1.82) is 0 Å². The average molecular weight is 189 g/mol. The molecule has 0 N–H and O–H groups in total. The van der Waals surface area contributed by atoms with Crippen molar-refractivity contribution in [2.24, 2.45) is 0 Å². The van der Waals surface area contributed by atoms with Gasteiger partial charge in [-0.05, 0) is 54.0 Å². The molecule has 0 heterocycles. The first-order valence-electron chi connectivity index (χ1n) is 5.82. The quantitative estimate of drug-likeness (QED) is 0.677. The topological polar surface area (TPSA) is 0 Å². The summed E-state index contributed by atoms with van der Waals surface area (Å²) in [5.74, 6) is 0. The minimum atomic E-state index is 1.10. The summed E-state index contributed by atoms with van der Waals surface area (Å²) in [5, 5.41) is 0. The Morgan fingerprint density at radius 2 is 1.64 bits per heavy atom. The highest BCUT2D eigenvalue weighted by Crippen LogP contribution is 2.19. The van der Waals surface area contributed by atoms with Gasteiger partial charge in [0.25, 0.3) is 0 Å². The number of hydrogen-bond donors (Lipinski definition) is 0. The Bertz CT molecular complexity index is 272. The number of rotatable bonds is 4. The Morgan fingerprint density at radius 3 is 2.07 bits per heavy atom. The van der Waals surface area contributed by atoms with Crippen LogP contribution in [-0.2, 0) is 25.7 Å². The Balaban J connectivity index is 3.24. The van der Waals surface area contributed by atoms with Crippen LogP contribution in [0, 0.1) is 6.07 Å². The summed E-state index contributed by atoms with van der Waals surface area (Å²) in [7, 11) is 0. The summed E-state index contributed by atoms with van der Waals surface area (Å²) in [6, 6.07) is 5.87. The molecule has 0 saturated heterocycles. The second-order valence-corrected chi connectivity index (χ2v) is 3.69. The van der Waals surface area contributed by atoms with Gasteiger partial charge >= 0.3 is 0 Å². The number of benzene rings is 1. The zero-order chi connectivity index (χ0) is 10.6. The highest BCUT2D eigenvalue weighted by Gasteiger charge is 2.06. The molecular weight excluding hydrogens is 168 g/mol. The smallest absolute Gasteiger partial charge is 0.0111 e. The molecule has 0 saturated carbocycles. The van der Waals surface area contributed by atoms with Crippen LogP contribution in [0.2, 0.25) is 0 Å². The highest BCUT2D eigenvalue weighted by atomic mass is 14.1. The van der Waals surface area contributed by atoms with Gasteiger partial charge in [-0.15, -0.1) is 0 Å². The SMILES string of the molecule is CCc1[c]c(CC)c(CC)c(CC)c1. The van der Waals surface area contributed by atoms with Gasteiger partial charge in [0.05, 0.1) is 0 Å². The summed E-state index contributed by atoms with van der Waals surface area (Å²) >= 11 is 0. The third-order valence-corrected chi connectivity index (χ3v) is 2.88. The molecule has 0 aliphatic heterocycles. The molecule has 0 aliphatic carbocycles. The van der Waals surface area contributed by atoms with Crippen LogP contribution < -0.4 is 0 Å². The molecular formula is C14H21. The number of aryl methyl sites for hydroxylation is 3. The van der Waals surface area contributed by atoms with Gasteiger partial charge in [0.2, 0.25) is 0 Å². The second kappa shape index (κ2) is 5.19. The lowest BCUT2D eigenvalue weighted by atomic mass is 9.92. The van der Waals surface area contributed by atoms with Crippen LogP contribution in [0.3, 0.4) is 0 Å². The minimum Gasteiger partial charge on any atom is -0.0613 e. The van der Waals surface area contributed by atoms with Gasteiger partial charge in [0.15, 0.2) is 0 Å². The van der Waals surface area contributed by atoms with E-state index < -0.39 is 0 Å². The molecule has 1 aromatic rings. The van der Waals surface area contributed by atoms with Crippen LogP contribution in [0.5, 0.6) is 0 Å². The highest BCUT2D eigenvalue weighted by molar-refractivity contribution is 5.38. The predicted molar refractivity (Wildman–Crippen MR) is 62.8 cm³/mol. The van der Waals surface area contributed by atoms with E-state index in [4.69, 9.17) is 0 Å². The zero-order valence-electron chi connectivity index (χ0n) is 9.91. The van der Waals surface area contributed by atoms with Gasteiger partial charge in [0.1, 0.15) is 0 Å². The maximum absolute atomic E-state index is 3.54. The van der Waals surface area contributed by atoms with E-state index in [1.807, 2.05) is 0 Å². The average Bonchev–Trinajstić information content (AvgIpc) is 2.26. The Labute approximate surface area is 88.4 Å². The van der Waals surface area contributed by atoms with Gasteiger partial charge in [0, 0.05) is 0 Å². The molecule has 0 aliphatic rings. The maximum atomic E-state index is 3.54. The molecule has 0 nitrogen and oxygen atoms in total. The van der Waals surface area contributed by atoms with E-state index in [1.54, 1.807) is 0 Å². The predicted octanol–water partition coefficient (Wildman–Crippen LogP) is 3.74. The molecule has 0 fully saturated rings. The van der Waals surface area contributed by atoms with Gasteiger partial charge < -0.3 is 0 Å². The second-order valence-electron chi connectivity index (χ2n) is 3.69. The van der Waals surface area contributed by atoms with Crippen LogP contribution in [0.1, 0.15) is 49.9 Å². The van der Waals surface area contributed by atoms with E-state index in [0.29, 0.717) is 0 Å². The molecule has 0 atom stereocenters. The lowest BCUT2D eigenvalue weighted by molar-refractivity contribution is 0.959. The Morgan fingerprint density at radius 1 is 0.929 bits per heavy atom. The van der Waals surface area contributed by atoms with Crippen molar-refractivity contribution in [2.45, 2.75) is 53.4 Å². The maximum Gasteiger partial charge on any atom is -0.0111 e. The summed E-state index contributed by atoms with van der Waals surface area (Å²) in [4.78, 5) is 0. The van der Waals surface area contributed by atoms with Gasteiger partial charge in [-0.1, -0.05) is 33.8 Å². The zero-order valence-corrected chi connectivity index (χ0v) is 9.91. The van der Waals surface area contributed by atoms with Crippen molar-refractivity contribution in [1.82, 2.24) is 0 Å². The minimum absolute atomic E-state index is 1.10. The van der Waals surface area contributed by atoms with E-state index in [9.17, 15) is 0 Å². The van der Waals surface area contributed by atoms with Crippen molar-refractivity contribution in [3.8, 4) is 0 Å². The van der Waals surface area contributed by atoms with E-state index >= 15 is 0 Å². The summed E-state index contributed by atoms with van der Waals surface area (Å²) in [6.07, 6.45) is 4.51. The van der Waals surface area contributed by atoms with E-state index in [0.717, 1.165) is 25.7 Å². The molecule has 14 heavy (non-hydrogen) atoms. The Kier molecular flexibility index (Phi) is 4.19. The van der Waals surface area contributed by atoms with Gasteiger partial charge in [-0.25, -0.2) is 0 Å². The van der Waals surface area contributed by atoms with Gasteiger partial charge in [-0.2, -0.15) is 0 Å². The summed E-state index contributed by atoms with van der Waals surface area (Å²) < 4.78 is 0. The number of hydrogen-bond acceptors (Lipinski definition) is 0. The van der Waals surface area contributed by atoms with Crippen molar-refractivity contribution < 1.29 is 0 Å². The third kappa shape index (κ3) is 2.17. The van der Waals surface area contributed by atoms with Crippen molar-refractivity contribution in [2.75, 3.05) is 0 Å². The molecule has 0 bridgehead atoms. The lowest BCUT2D eigenvalue weighted by Crippen LogP contribution is -2.00. The van der Waals surface area contributed by atoms with Gasteiger partial charge in [-0.3, -0.25) is 0 Å². The first kappa shape index (κ1) is 11.3. The van der Waals surface area contributed by atoms with Crippen LogP contribution in [0.4, 0.5) is 0 Å². The van der Waals surface area contributed by atoms with Crippen LogP contribution >= 0.6 is 0 Å². The molecule has 0 heteroatoms. The first-order chi connectivity index (χ1) is 6.76. The molecule has 0 unspecified atom stereocenters. The van der Waals surface area contributed by atoms with Crippen molar-refractivity contribution in [3.05, 3.63) is 34.4 Å². The summed E-state index contributed by atoms with van der Waals surface area (Å²) in [6.45, 7) is 8.92. The molecule has 1 radical (unpaired) electrons. The normalized spacial score (nSPS) is 10.6. The fourth-order valence-corrected chi connectivity index (χ4v) is 2.04. The van der Waals surface area contributed by atoms with E-state index in [1.165, 1.54) is 22.3 Å². The Hall–Kier alpha value is -0.780. The summed E-state index contributed by atoms with van der Waals surface area (Å²) in [5.41, 5.74) is 5.87. The monoisotopic (exact) mass is 189 g/mol. The molecule has 77 valence electrons. The lowest BCUT2D eigenvalue weighted by Gasteiger charge is -2.13. The molecule has 0 spiro atoms. The molecule has 1 rings (SSSR count). The third-order valence-electron chi connectivity index (χ3n) is 2.88. The van der Waals surface area contributed by atoms with Crippen molar-refractivity contribution in [3.63, 3.8) is 0 Å². The van der Waals surface area contributed by atoms with E-state index in [-0.39, 0.29) is 0 Å². The first-order valence-corrected chi connectivity index (χ1v) is 5.82. The van der Waals surface area contributed by atoms with Crippen LogP contribution in [0.15, 0.2) is 6.07 Å². The largest absolute Gasteiger partial charge is 0.0613 e. The van der Waals surface area contributed by atoms with Crippen LogP contribution in [-0.4, -0.2) is 0 Å². The molecule has 0 aromatic heterocycles. The van der Waals surface area contributed by atoms with Crippen molar-refractivity contribution >= 4 is 0 Å². The standard InChI is InChI=1S/C14H21/c1-5-11-9-12(6-2)14(8-4)13(7-3)10-11/h9H,5-8H2,1-4H3.